The van der Waals surface area contributed by atoms with Crippen molar-refractivity contribution in [2.45, 2.75) is 18.0 Å². The number of nitrogens with one attached hydrogen (secondary N) is 1. The highest BCUT2D eigenvalue weighted by Gasteiger charge is 2.23. The highest BCUT2D eigenvalue weighted by molar-refractivity contribution is 7.92. The number of nitriles is 1. The maximum Gasteiger partial charge on any atom is 0.263 e. The van der Waals surface area contributed by atoms with Crippen LogP contribution in [0.25, 0.3) is 11.1 Å². The van der Waals surface area contributed by atoms with Gasteiger partial charge >= 0.3 is 0 Å². The van der Waals surface area contributed by atoms with Gasteiger partial charge in [0.15, 0.2) is 5.82 Å². The smallest absolute Gasteiger partial charge is 0.263 e. The van der Waals surface area contributed by atoms with E-state index in [1.807, 2.05) is 6.07 Å². The van der Waals surface area contributed by atoms with E-state index in [0.717, 1.165) is 0 Å². The summed E-state index contributed by atoms with van der Waals surface area (Å²) in [6.45, 7) is -0.552. The van der Waals surface area contributed by atoms with Gasteiger partial charge in [0, 0.05) is 5.02 Å². The number of rotatable bonds is 6. The highest BCUT2D eigenvalue weighted by Crippen LogP contribution is 2.33. The van der Waals surface area contributed by atoms with Crippen LogP contribution in [0.5, 0.6) is 0 Å². The Balaban J connectivity index is 2.14. The summed E-state index contributed by atoms with van der Waals surface area (Å²) in [6, 6.07) is 16.5. The molecule has 27 heavy (non-hydrogen) atoms. The fourth-order valence-corrected chi connectivity index (χ4v) is 3.79. The van der Waals surface area contributed by atoms with Crippen LogP contribution in [0.1, 0.15) is 5.69 Å². The van der Waals surface area contributed by atoms with E-state index < -0.39 is 16.6 Å². The zero-order valence-electron chi connectivity index (χ0n) is 14.0. The van der Waals surface area contributed by atoms with Gasteiger partial charge in [-0.1, -0.05) is 41.9 Å². The van der Waals surface area contributed by atoms with Crippen molar-refractivity contribution in [2.24, 2.45) is 0 Å². The summed E-state index contributed by atoms with van der Waals surface area (Å²) in [5, 5.41) is 23.5. The Morgan fingerprint density at radius 1 is 1.15 bits per heavy atom. The first kappa shape index (κ1) is 18.9. The lowest BCUT2D eigenvalue weighted by molar-refractivity contribution is 0.270. The largest absolute Gasteiger partial charge is 0.390 e. The lowest BCUT2D eigenvalue weighted by atomic mass is 10.1. The summed E-state index contributed by atoms with van der Waals surface area (Å²) in [5.41, 5.74) is 1.33. The SMILES string of the molecule is N#CCn1nc(NS(=O)(=O)c2ccccc2)c(-c2ccc(Cl)cc2)c1CO. The molecular weight excluding hydrogens is 388 g/mol. The molecule has 9 heteroatoms. The van der Waals surface area contributed by atoms with E-state index in [9.17, 15) is 13.5 Å². The van der Waals surface area contributed by atoms with Crippen LogP contribution in [0.15, 0.2) is 59.5 Å². The lowest BCUT2D eigenvalue weighted by Crippen LogP contribution is -2.14. The van der Waals surface area contributed by atoms with Gasteiger partial charge in [-0.05, 0) is 29.8 Å². The Labute approximate surface area is 161 Å². The molecule has 0 aliphatic carbocycles. The topological polar surface area (TPSA) is 108 Å². The highest BCUT2D eigenvalue weighted by atomic mass is 35.5. The Morgan fingerprint density at radius 3 is 2.41 bits per heavy atom. The van der Waals surface area contributed by atoms with Crippen molar-refractivity contribution >= 4 is 27.4 Å². The first-order chi connectivity index (χ1) is 13.0. The van der Waals surface area contributed by atoms with Crippen molar-refractivity contribution in [3.05, 3.63) is 65.3 Å². The molecule has 0 bridgehead atoms. The third kappa shape index (κ3) is 3.95. The number of hydrogen-bond acceptors (Lipinski definition) is 5. The molecule has 138 valence electrons. The molecule has 1 heterocycles. The molecule has 2 aromatic carbocycles. The molecule has 1 aromatic heterocycles. The molecule has 0 saturated heterocycles. The van der Waals surface area contributed by atoms with E-state index in [4.69, 9.17) is 16.9 Å². The summed E-state index contributed by atoms with van der Waals surface area (Å²) in [5.74, 6) is 0.0282. The quantitative estimate of drug-likeness (QED) is 0.658. The van der Waals surface area contributed by atoms with E-state index in [1.165, 1.54) is 16.8 Å². The number of nitrogens with zero attached hydrogens (tertiary/aromatic N) is 3. The molecule has 0 fully saturated rings. The van der Waals surface area contributed by atoms with Gasteiger partial charge in [-0.25, -0.2) is 8.42 Å². The molecular formula is C18H15ClN4O3S. The number of aromatic nitrogens is 2. The number of hydrogen-bond donors (Lipinski definition) is 2. The minimum atomic E-state index is -3.90. The van der Waals surface area contributed by atoms with Gasteiger partial charge in [-0.2, -0.15) is 10.4 Å². The van der Waals surface area contributed by atoms with Crippen molar-refractivity contribution in [2.75, 3.05) is 4.72 Å². The van der Waals surface area contributed by atoms with Gasteiger partial charge in [0.2, 0.25) is 0 Å². The number of aliphatic hydroxyl groups is 1. The van der Waals surface area contributed by atoms with Crippen LogP contribution in [-0.4, -0.2) is 23.3 Å². The summed E-state index contributed by atoms with van der Waals surface area (Å²) >= 11 is 5.93. The zero-order valence-corrected chi connectivity index (χ0v) is 15.6. The van der Waals surface area contributed by atoms with Crippen molar-refractivity contribution in [1.29, 1.82) is 5.26 Å². The van der Waals surface area contributed by atoms with Crippen LogP contribution in [0.2, 0.25) is 5.02 Å². The average molecular weight is 403 g/mol. The Bertz CT molecular complexity index is 1090. The van der Waals surface area contributed by atoms with Crippen LogP contribution in [-0.2, 0) is 23.2 Å². The van der Waals surface area contributed by atoms with E-state index >= 15 is 0 Å². The number of sulfonamides is 1. The summed E-state index contributed by atoms with van der Waals surface area (Å²) in [4.78, 5) is 0.0763. The molecule has 0 saturated carbocycles. The van der Waals surface area contributed by atoms with E-state index in [-0.39, 0.29) is 17.3 Å². The third-order valence-electron chi connectivity index (χ3n) is 3.85. The van der Waals surface area contributed by atoms with Gasteiger partial charge in [0.05, 0.1) is 28.8 Å². The number of anilines is 1. The van der Waals surface area contributed by atoms with Crippen LogP contribution in [0, 0.1) is 11.3 Å². The van der Waals surface area contributed by atoms with Gasteiger partial charge < -0.3 is 5.11 Å². The summed E-state index contributed by atoms with van der Waals surface area (Å²) in [6.07, 6.45) is 0. The van der Waals surface area contributed by atoms with E-state index in [2.05, 4.69) is 9.82 Å². The summed E-state index contributed by atoms with van der Waals surface area (Å²) < 4.78 is 29.1. The van der Waals surface area contributed by atoms with E-state index in [0.29, 0.717) is 21.8 Å². The Hall–Kier alpha value is -2.86. The van der Waals surface area contributed by atoms with Crippen LogP contribution >= 0.6 is 11.6 Å². The fourth-order valence-electron chi connectivity index (χ4n) is 2.63. The molecule has 0 aliphatic rings. The minimum absolute atomic E-state index is 0.0282. The number of halogens is 1. The predicted molar refractivity (Wildman–Crippen MR) is 101 cm³/mol. The number of benzene rings is 2. The first-order valence-corrected chi connectivity index (χ1v) is 9.73. The second kappa shape index (κ2) is 7.80. The maximum atomic E-state index is 12.7. The second-order valence-electron chi connectivity index (χ2n) is 5.57. The molecule has 0 unspecified atom stereocenters. The summed E-state index contributed by atoms with van der Waals surface area (Å²) in [7, 11) is -3.90. The predicted octanol–water partition coefficient (Wildman–Crippen LogP) is 3.02. The molecule has 0 spiro atoms. The van der Waals surface area contributed by atoms with Gasteiger partial charge in [0.25, 0.3) is 10.0 Å². The van der Waals surface area contributed by atoms with Crippen molar-refractivity contribution in [3.63, 3.8) is 0 Å². The van der Waals surface area contributed by atoms with Gasteiger partial charge in [-0.15, -0.1) is 0 Å². The number of aliphatic hydroxyl groups excluding tert-OH is 1. The third-order valence-corrected chi connectivity index (χ3v) is 5.45. The molecule has 0 radical (unpaired) electrons. The molecule has 2 N–H and O–H groups in total. The Kier molecular flexibility index (Phi) is 5.46. The minimum Gasteiger partial charge on any atom is -0.390 e. The maximum absolute atomic E-state index is 12.7. The lowest BCUT2D eigenvalue weighted by Gasteiger charge is -2.09. The van der Waals surface area contributed by atoms with Gasteiger partial charge in [0.1, 0.15) is 6.54 Å². The van der Waals surface area contributed by atoms with Crippen LogP contribution < -0.4 is 4.72 Å². The Morgan fingerprint density at radius 2 is 1.81 bits per heavy atom. The van der Waals surface area contributed by atoms with Gasteiger partial charge in [-0.3, -0.25) is 9.40 Å². The molecule has 0 amide bonds. The second-order valence-corrected chi connectivity index (χ2v) is 7.69. The van der Waals surface area contributed by atoms with E-state index in [1.54, 1.807) is 42.5 Å². The normalized spacial score (nSPS) is 11.1. The molecule has 3 rings (SSSR count). The zero-order chi connectivity index (χ0) is 19.4. The van der Waals surface area contributed by atoms with Crippen molar-refractivity contribution in [3.8, 4) is 17.2 Å². The molecule has 3 aromatic rings. The molecule has 0 atom stereocenters. The van der Waals surface area contributed by atoms with Crippen molar-refractivity contribution in [1.82, 2.24) is 9.78 Å². The van der Waals surface area contributed by atoms with Crippen LogP contribution in [0.4, 0.5) is 5.82 Å². The fraction of sp³-hybridized carbons (Fsp3) is 0.111. The first-order valence-electron chi connectivity index (χ1n) is 7.87. The average Bonchev–Trinajstić information content (AvgIpc) is 2.99. The molecule has 7 nitrogen and oxygen atoms in total. The standard InChI is InChI=1S/C18H15ClN4O3S/c19-14-8-6-13(7-9-14)17-16(12-24)23(11-10-20)21-18(17)22-27(25,26)15-4-2-1-3-5-15/h1-9,24H,11-12H2,(H,21,22). The van der Waals surface area contributed by atoms with Crippen LogP contribution in [0.3, 0.4) is 0 Å². The monoisotopic (exact) mass is 402 g/mol. The van der Waals surface area contributed by atoms with Crippen molar-refractivity contribution < 1.29 is 13.5 Å². The molecule has 0 aliphatic heterocycles.